The molecule has 0 aliphatic carbocycles. The second-order valence-electron chi connectivity index (χ2n) is 3.40. The molecule has 4 nitrogen and oxygen atoms in total. The largest absolute Gasteiger partial charge is 0.394 e. The molecule has 5 unspecified atom stereocenters. The molecule has 1 aliphatic rings. The first kappa shape index (κ1) is 10.7. The van der Waals surface area contributed by atoms with Gasteiger partial charge in [-0.05, 0) is 0 Å². The van der Waals surface area contributed by atoms with E-state index >= 15 is 0 Å². The summed E-state index contributed by atoms with van der Waals surface area (Å²) in [5.74, 6) is -0.0406. The Morgan fingerprint density at radius 2 is 2.08 bits per heavy atom. The fourth-order valence-electron chi connectivity index (χ4n) is 1.50. The van der Waals surface area contributed by atoms with Crippen LogP contribution in [0.3, 0.4) is 0 Å². The van der Waals surface area contributed by atoms with E-state index in [0.29, 0.717) is 0 Å². The fourth-order valence-corrected chi connectivity index (χ4v) is 1.50. The smallest absolute Gasteiger partial charge is 0.111 e. The first-order valence-electron chi connectivity index (χ1n) is 4.36. The van der Waals surface area contributed by atoms with Crippen LogP contribution in [0.15, 0.2) is 12.7 Å². The molecule has 0 amide bonds. The van der Waals surface area contributed by atoms with Gasteiger partial charge in [0.15, 0.2) is 0 Å². The van der Waals surface area contributed by atoms with Crippen molar-refractivity contribution in [2.75, 3.05) is 6.61 Å². The minimum Gasteiger partial charge on any atom is -0.394 e. The van der Waals surface area contributed by atoms with Crippen molar-refractivity contribution in [2.45, 2.75) is 31.3 Å². The molecule has 0 saturated carbocycles. The summed E-state index contributed by atoms with van der Waals surface area (Å²) < 4.78 is 5.27. The van der Waals surface area contributed by atoms with E-state index in [1.807, 2.05) is 6.92 Å². The Bertz CT molecular complexity index is 182. The number of aliphatic hydroxyl groups excluding tert-OH is 3. The second-order valence-corrected chi connectivity index (χ2v) is 3.40. The third-order valence-electron chi connectivity index (χ3n) is 2.47. The Balaban J connectivity index is 2.65. The zero-order valence-electron chi connectivity index (χ0n) is 7.63. The number of hydrogen-bond acceptors (Lipinski definition) is 4. The van der Waals surface area contributed by atoms with Gasteiger partial charge in [0.1, 0.15) is 18.3 Å². The van der Waals surface area contributed by atoms with Crippen molar-refractivity contribution in [1.29, 1.82) is 0 Å². The van der Waals surface area contributed by atoms with Gasteiger partial charge in [0.25, 0.3) is 0 Å². The van der Waals surface area contributed by atoms with E-state index in [0.717, 1.165) is 0 Å². The number of aliphatic hydroxyl groups is 3. The molecule has 0 aromatic carbocycles. The van der Waals surface area contributed by atoms with E-state index < -0.39 is 24.4 Å². The monoisotopic (exact) mass is 188 g/mol. The van der Waals surface area contributed by atoms with Gasteiger partial charge in [-0.1, -0.05) is 13.0 Å². The van der Waals surface area contributed by atoms with Gasteiger partial charge in [0.2, 0.25) is 0 Å². The summed E-state index contributed by atoms with van der Waals surface area (Å²) in [6.07, 6.45) is -1.44. The van der Waals surface area contributed by atoms with Gasteiger partial charge in [-0.3, -0.25) is 0 Å². The SMILES string of the molecule is C=CC(C)C1OC(CO)C(O)C1O. The Hall–Kier alpha value is -0.420. The molecule has 1 rings (SSSR count). The average Bonchev–Trinajstić information content (AvgIpc) is 2.43. The molecule has 1 fully saturated rings. The molecule has 0 bridgehead atoms. The van der Waals surface area contributed by atoms with E-state index in [2.05, 4.69) is 6.58 Å². The molecule has 0 aromatic rings. The van der Waals surface area contributed by atoms with Crippen LogP contribution in [-0.2, 0) is 4.74 Å². The predicted octanol–water partition coefficient (Wildman–Crippen LogP) is -0.710. The first-order chi connectivity index (χ1) is 6.11. The summed E-state index contributed by atoms with van der Waals surface area (Å²) in [6, 6.07) is 0. The lowest BCUT2D eigenvalue weighted by Gasteiger charge is -2.18. The minimum atomic E-state index is -1.00. The van der Waals surface area contributed by atoms with Crippen molar-refractivity contribution in [3.63, 3.8) is 0 Å². The van der Waals surface area contributed by atoms with Crippen molar-refractivity contribution in [2.24, 2.45) is 5.92 Å². The molecule has 13 heavy (non-hydrogen) atoms. The van der Waals surface area contributed by atoms with Crippen LogP contribution in [0.2, 0.25) is 0 Å². The zero-order valence-corrected chi connectivity index (χ0v) is 7.63. The molecule has 1 aliphatic heterocycles. The summed E-state index contributed by atoms with van der Waals surface area (Å²) in [5, 5.41) is 27.7. The topological polar surface area (TPSA) is 69.9 Å². The van der Waals surface area contributed by atoms with Crippen LogP contribution in [-0.4, -0.2) is 46.3 Å². The van der Waals surface area contributed by atoms with Crippen LogP contribution < -0.4 is 0 Å². The summed E-state index contributed by atoms with van der Waals surface area (Å²) in [6.45, 7) is 5.14. The lowest BCUT2D eigenvalue weighted by molar-refractivity contribution is -0.0327. The van der Waals surface area contributed by atoms with Crippen LogP contribution >= 0.6 is 0 Å². The normalized spacial score (nSPS) is 41.8. The van der Waals surface area contributed by atoms with E-state index in [4.69, 9.17) is 9.84 Å². The maximum atomic E-state index is 9.53. The second kappa shape index (κ2) is 4.19. The highest BCUT2D eigenvalue weighted by Crippen LogP contribution is 2.26. The molecule has 76 valence electrons. The van der Waals surface area contributed by atoms with E-state index in [-0.39, 0.29) is 12.5 Å². The molecule has 4 heteroatoms. The predicted molar refractivity (Wildman–Crippen MR) is 47.1 cm³/mol. The van der Waals surface area contributed by atoms with Crippen molar-refractivity contribution >= 4 is 0 Å². The van der Waals surface area contributed by atoms with Crippen LogP contribution in [0.25, 0.3) is 0 Å². The number of ether oxygens (including phenoxy) is 1. The third kappa shape index (κ3) is 1.91. The van der Waals surface area contributed by atoms with Gasteiger partial charge in [-0.25, -0.2) is 0 Å². The van der Waals surface area contributed by atoms with E-state index in [1.165, 1.54) is 0 Å². The highest BCUT2D eigenvalue weighted by atomic mass is 16.6. The highest BCUT2D eigenvalue weighted by Gasteiger charge is 2.43. The van der Waals surface area contributed by atoms with Crippen molar-refractivity contribution < 1.29 is 20.1 Å². The van der Waals surface area contributed by atoms with Gasteiger partial charge < -0.3 is 20.1 Å². The first-order valence-corrected chi connectivity index (χ1v) is 4.36. The number of rotatable bonds is 3. The Morgan fingerprint density at radius 1 is 1.46 bits per heavy atom. The maximum absolute atomic E-state index is 9.53. The fraction of sp³-hybridized carbons (Fsp3) is 0.778. The highest BCUT2D eigenvalue weighted by molar-refractivity contribution is 4.96. The van der Waals surface area contributed by atoms with Gasteiger partial charge in [-0.2, -0.15) is 0 Å². The van der Waals surface area contributed by atoms with E-state index in [1.54, 1.807) is 6.08 Å². The van der Waals surface area contributed by atoms with Gasteiger partial charge in [0, 0.05) is 5.92 Å². The molecular formula is C9H16O4. The zero-order chi connectivity index (χ0) is 10.0. The lowest BCUT2D eigenvalue weighted by atomic mass is 9.98. The maximum Gasteiger partial charge on any atom is 0.111 e. The molecule has 3 N–H and O–H groups in total. The van der Waals surface area contributed by atoms with Gasteiger partial charge in [0.05, 0.1) is 12.7 Å². The summed E-state index contributed by atoms with van der Waals surface area (Å²) >= 11 is 0. The Morgan fingerprint density at radius 3 is 2.46 bits per heavy atom. The molecule has 5 atom stereocenters. The summed E-state index contributed by atoms with van der Waals surface area (Å²) in [7, 11) is 0. The Kier molecular flexibility index (Phi) is 3.44. The van der Waals surface area contributed by atoms with E-state index in [9.17, 15) is 10.2 Å². The van der Waals surface area contributed by atoms with Gasteiger partial charge in [-0.15, -0.1) is 6.58 Å². The quantitative estimate of drug-likeness (QED) is 0.512. The molecular weight excluding hydrogens is 172 g/mol. The van der Waals surface area contributed by atoms with Crippen molar-refractivity contribution in [1.82, 2.24) is 0 Å². The molecule has 1 heterocycles. The summed E-state index contributed by atoms with van der Waals surface area (Å²) in [4.78, 5) is 0. The Labute approximate surface area is 77.5 Å². The van der Waals surface area contributed by atoms with Crippen LogP contribution in [0, 0.1) is 5.92 Å². The minimum absolute atomic E-state index is 0.0406. The summed E-state index contributed by atoms with van der Waals surface area (Å²) in [5.41, 5.74) is 0. The van der Waals surface area contributed by atoms with Crippen molar-refractivity contribution in [3.05, 3.63) is 12.7 Å². The molecule has 0 aromatic heterocycles. The third-order valence-corrected chi connectivity index (χ3v) is 2.47. The standard InChI is InChI=1S/C9H16O4/c1-3-5(2)9-8(12)7(11)6(4-10)13-9/h3,5-12H,1,4H2,2H3. The lowest BCUT2D eigenvalue weighted by Crippen LogP contribution is -2.35. The molecule has 1 saturated heterocycles. The van der Waals surface area contributed by atoms with Gasteiger partial charge >= 0.3 is 0 Å². The van der Waals surface area contributed by atoms with Crippen LogP contribution in [0.1, 0.15) is 6.92 Å². The average molecular weight is 188 g/mol. The van der Waals surface area contributed by atoms with Crippen LogP contribution in [0.5, 0.6) is 0 Å². The van der Waals surface area contributed by atoms with Crippen molar-refractivity contribution in [3.8, 4) is 0 Å². The van der Waals surface area contributed by atoms with Crippen LogP contribution in [0.4, 0.5) is 0 Å². The molecule has 0 radical (unpaired) electrons. The number of hydrogen-bond donors (Lipinski definition) is 3. The molecule has 0 spiro atoms.